The van der Waals surface area contributed by atoms with Gasteiger partial charge in [-0.05, 0) is 25.7 Å². The van der Waals surface area contributed by atoms with Crippen molar-refractivity contribution < 1.29 is 15.3 Å². The molecule has 0 aliphatic rings. The summed E-state index contributed by atoms with van der Waals surface area (Å²) in [7, 11) is 4.36. The van der Waals surface area contributed by atoms with E-state index < -0.39 is 0 Å². The predicted molar refractivity (Wildman–Crippen MR) is 69.5 cm³/mol. The number of rotatable bonds is 10. The Morgan fingerprint density at radius 2 is 1.59 bits per heavy atom. The fourth-order valence-electron chi connectivity index (χ4n) is 1.70. The van der Waals surface area contributed by atoms with Crippen molar-refractivity contribution in [3.05, 3.63) is 0 Å². The minimum absolute atomic E-state index is 0.434. The summed E-state index contributed by atoms with van der Waals surface area (Å²) >= 11 is 0. The third-order valence-electron chi connectivity index (χ3n) is 2.69. The molecular weight excluding hydrogens is 218 g/mol. The van der Waals surface area contributed by atoms with Crippen LogP contribution in [0.5, 0.6) is 0 Å². The molecule has 0 unspecified atom stereocenters. The molecule has 3 N–H and O–H groups in total. The van der Waals surface area contributed by atoms with Crippen LogP contribution in [0.25, 0.3) is 0 Å². The molecule has 0 fully saturated rings. The Morgan fingerprint density at radius 1 is 1.00 bits per heavy atom. The summed E-state index contributed by atoms with van der Waals surface area (Å²) < 4.78 is 0. The van der Waals surface area contributed by atoms with Gasteiger partial charge >= 0.3 is 0 Å². The Labute approximate surface area is 104 Å². The van der Waals surface area contributed by atoms with Gasteiger partial charge < -0.3 is 15.3 Å². The van der Waals surface area contributed by atoms with Crippen molar-refractivity contribution in [2.24, 2.45) is 10.3 Å². The predicted octanol–water partition coefficient (Wildman–Crippen LogP) is 1.15. The van der Waals surface area contributed by atoms with Gasteiger partial charge in [-0.15, -0.1) is 0 Å². The molecule has 100 valence electrons. The second-order valence-corrected chi connectivity index (χ2v) is 4.66. The van der Waals surface area contributed by atoms with Crippen LogP contribution < -0.4 is 4.90 Å². The van der Waals surface area contributed by atoms with Gasteiger partial charge in [0.05, 0.1) is 26.9 Å². The van der Waals surface area contributed by atoms with Crippen molar-refractivity contribution in [3.63, 3.8) is 0 Å². The van der Waals surface area contributed by atoms with Gasteiger partial charge in [0.2, 0.25) is 0 Å². The first kappa shape index (κ1) is 15.9. The Balaban J connectivity index is 3.29. The Hall–Kier alpha value is -1.10. The second-order valence-electron chi connectivity index (χ2n) is 4.66. The number of hydrogen-bond donors (Lipinski definition) is 3. The maximum Gasteiger partial charge on any atom is 0.101 e. The van der Waals surface area contributed by atoms with E-state index in [2.05, 4.69) is 24.4 Å². The van der Waals surface area contributed by atoms with Gasteiger partial charge in [0.25, 0.3) is 0 Å². The maximum atomic E-state index is 8.57. The number of nitrogens with one attached hydrogen (secondary N) is 1. The number of oxime groups is 2. The van der Waals surface area contributed by atoms with Crippen LogP contribution >= 0.6 is 0 Å². The lowest BCUT2D eigenvalue weighted by molar-refractivity contribution is -0.858. The van der Waals surface area contributed by atoms with Crippen LogP contribution in [0, 0.1) is 0 Å². The van der Waals surface area contributed by atoms with Crippen LogP contribution in [-0.2, 0) is 0 Å². The van der Waals surface area contributed by atoms with E-state index in [1.165, 1.54) is 43.3 Å². The highest BCUT2D eigenvalue weighted by Gasteiger charge is 1.98. The molecule has 0 bridgehead atoms. The van der Waals surface area contributed by atoms with Gasteiger partial charge in [0.1, 0.15) is 5.71 Å². The minimum Gasteiger partial charge on any atom is -0.411 e. The molecule has 0 heterocycles. The summed E-state index contributed by atoms with van der Waals surface area (Å²) in [4.78, 5) is 1.51. The summed E-state index contributed by atoms with van der Waals surface area (Å²) in [5.41, 5.74) is 0.434. The van der Waals surface area contributed by atoms with Crippen molar-refractivity contribution >= 4 is 11.9 Å². The van der Waals surface area contributed by atoms with Gasteiger partial charge in [0.15, 0.2) is 0 Å². The van der Waals surface area contributed by atoms with Gasteiger partial charge in [-0.25, -0.2) is 0 Å². The number of unbranched alkanes of at least 4 members (excludes halogenated alkanes) is 5. The standard InChI is InChI=1S/C12H25N3O2/c1-15(2)10-8-6-4-3-5-7-9-12(14-17)11-13-16/h11,16-17H,3-10H2,1-2H3/p+1/b13-11+,14-12-. The summed E-state index contributed by atoms with van der Waals surface area (Å²) in [6.45, 7) is 1.24. The second kappa shape index (κ2) is 11.4. The van der Waals surface area contributed by atoms with Gasteiger partial charge in [0, 0.05) is 0 Å². The molecule has 17 heavy (non-hydrogen) atoms. The number of quaternary nitrogens is 1. The molecule has 0 saturated carbocycles. The van der Waals surface area contributed by atoms with E-state index in [-0.39, 0.29) is 0 Å². The number of nitrogens with zero attached hydrogens (tertiary/aromatic N) is 2. The topological polar surface area (TPSA) is 69.6 Å². The van der Waals surface area contributed by atoms with Crippen molar-refractivity contribution in [2.75, 3.05) is 20.6 Å². The fourth-order valence-corrected chi connectivity index (χ4v) is 1.70. The zero-order valence-corrected chi connectivity index (χ0v) is 11.0. The Bertz CT molecular complexity index is 228. The molecule has 0 saturated heterocycles. The van der Waals surface area contributed by atoms with E-state index in [0.717, 1.165) is 12.8 Å². The highest BCUT2D eigenvalue weighted by Crippen LogP contribution is 2.07. The third-order valence-corrected chi connectivity index (χ3v) is 2.69. The molecule has 0 atom stereocenters. The quantitative estimate of drug-likeness (QED) is 0.233. The molecule has 5 nitrogen and oxygen atoms in total. The Kier molecular flexibility index (Phi) is 10.7. The van der Waals surface area contributed by atoms with E-state index in [0.29, 0.717) is 12.1 Å². The smallest absolute Gasteiger partial charge is 0.101 e. The van der Waals surface area contributed by atoms with Crippen LogP contribution in [0.15, 0.2) is 10.3 Å². The molecule has 0 amide bonds. The van der Waals surface area contributed by atoms with E-state index in [1.807, 2.05) is 0 Å². The first-order valence-electron chi connectivity index (χ1n) is 6.38. The van der Waals surface area contributed by atoms with Crippen LogP contribution in [-0.4, -0.2) is 43.0 Å². The van der Waals surface area contributed by atoms with E-state index in [9.17, 15) is 0 Å². The van der Waals surface area contributed by atoms with Crippen molar-refractivity contribution in [1.82, 2.24) is 0 Å². The lowest BCUT2D eigenvalue weighted by Crippen LogP contribution is -3.05. The molecule has 0 aliphatic carbocycles. The average molecular weight is 244 g/mol. The van der Waals surface area contributed by atoms with Crippen molar-refractivity contribution in [3.8, 4) is 0 Å². The van der Waals surface area contributed by atoms with Gasteiger partial charge in [-0.1, -0.05) is 29.6 Å². The number of hydrogen-bond acceptors (Lipinski definition) is 4. The van der Waals surface area contributed by atoms with Crippen LogP contribution in [0.4, 0.5) is 0 Å². The van der Waals surface area contributed by atoms with Crippen LogP contribution in [0.3, 0.4) is 0 Å². The lowest BCUT2D eigenvalue weighted by atomic mass is 10.1. The van der Waals surface area contributed by atoms with Crippen LogP contribution in [0.2, 0.25) is 0 Å². The average Bonchev–Trinajstić information content (AvgIpc) is 2.30. The molecule has 5 heteroatoms. The van der Waals surface area contributed by atoms with Gasteiger partial charge in [-0.2, -0.15) is 0 Å². The molecule has 0 aromatic rings. The maximum absolute atomic E-state index is 8.57. The summed E-state index contributed by atoms with van der Waals surface area (Å²) in [5.74, 6) is 0. The van der Waals surface area contributed by atoms with E-state index in [4.69, 9.17) is 10.4 Å². The SMILES string of the molecule is C[NH+](C)CCCCCCCCC(/C=N/O)=N/O. The first-order valence-corrected chi connectivity index (χ1v) is 6.38. The lowest BCUT2D eigenvalue weighted by Gasteiger charge is -2.06. The summed E-state index contributed by atoms with van der Waals surface area (Å²) in [5, 5.41) is 22.7. The molecule has 0 spiro atoms. The summed E-state index contributed by atoms with van der Waals surface area (Å²) in [6, 6.07) is 0. The zero-order chi connectivity index (χ0) is 12.9. The molecule has 0 aromatic carbocycles. The zero-order valence-electron chi connectivity index (χ0n) is 11.0. The summed E-state index contributed by atoms with van der Waals surface area (Å²) in [6.07, 6.45) is 9.04. The monoisotopic (exact) mass is 244 g/mol. The fraction of sp³-hybridized carbons (Fsp3) is 0.833. The Morgan fingerprint density at radius 3 is 2.12 bits per heavy atom. The van der Waals surface area contributed by atoms with E-state index >= 15 is 0 Å². The largest absolute Gasteiger partial charge is 0.411 e. The first-order chi connectivity index (χ1) is 8.20. The minimum atomic E-state index is 0.434. The third kappa shape index (κ3) is 11.2. The van der Waals surface area contributed by atoms with Gasteiger partial charge in [-0.3, -0.25) is 0 Å². The van der Waals surface area contributed by atoms with Crippen molar-refractivity contribution in [1.29, 1.82) is 0 Å². The van der Waals surface area contributed by atoms with E-state index in [1.54, 1.807) is 0 Å². The highest BCUT2D eigenvalue weighted by atomic mass is 16.4. The van der Waals surface area contributed by atoms with Crippen molar-refractivity contribution in [2.45, 2.75) is 44.9 Å². The normalized spacial score (nSPS) is 12.8. The molecule has 0 rings (SSSR count). The molecule has 0 aromatic heterocycles. The molecular formula is C12H26N3O2+. The molecule has 0 aliphatic heterocycles. The van der Waals surface area contributed by atoms with Crippen LogP contribution in [0.1, 0.15) is 44.9 Å². The highest BCUT2D eigenvalue weighted by molar-refractivity contribution is 6.30. The molecule has 0 radical (unpaired) electrons.